The number of amidine groups is 1. The maximum absolute atomic E-state index is 13.1. The molecule has 0 aliphatic carbocycles. The number of thioether (sulfide) groups is 1. The summed E-state index contributed by atoms with van der Waals surface area (Å²) < 4.78 is 25.2. The number of hydrogen-bond donors (Lipinski definition) is 1. The Hall–Kier alpha value is -3.63. The summed E-state index contributed by atoms with van der Waals surface area (Å²) in [5, 5.41) is 9.62. The molecule has 4 rings (SSSR count). The number of aromatic carboxylic acids is 1. The van der Waals surface area contributed by atoms with E-state index in [0.29, 0.717) is 37.3 Å². The molecule has 0 saturated carbocycles. The number of carbonyl (C=O) groups excluding carboxylic acids is 1. The maximum Gasteiger partial charge on any atom is 0.335 e. The van der Waals surface area contributed by atoms with Crippen molar-refractivity contribution in [3.8, 4) is 11.5 Å². The van der Waals surface area contributed by atoms with Crippen molar-refractivity contribution in [1.29, 1.82) is 0 Å². The fourth-order valence-electron chi connectivity index (χ4n) is 3.29. The highest BCUT2D eigenvalue weighted by Crippen LogP contribution is 2.38. The van der Waals surface area contributed by atoms with E-state index < -0.39 is 5.97 Å². The van der Waals surface area contributed by atoms with Crippen LogP contribution in [0.4, 0.5) is 10.1 Å². The Labute approximate surface area is 219 Å². The first-order valence-electron chi connectivity index (χ1n) is 10.6. The van der Waals surface area contributed by atoms with Gasteiger partial charge < -0.3 is 14.6 Å². The van der Waals surface area contributed by atoms with Crippen molar-refractivity contribution in [1.82, 2.24) is 4.90 Å². The zero-order valence-corrected chi connectivity index (χ0v) is 21.6. The summed E-state index contributed by atoms with van der Waals surface area (Å²) >= 11 is 4.71. The topological polar surface area (TPSA) is 88.4 Å². The number of amides is 1. The standard InChI is InChI=1S/C26H20BrFN2O5S/c1-30-24(31)23(36-26(30)29-19-5-3-4-16(10-19)25(32)33)12-17-11-21(34-2)22(13-20(17)27)35-14-15-6-8-18(28)9-7-15/h3-13H,14H2,1-2H3,(H,32,33). The number of carboxylic acids is 1. The molecule has 0 atom stereocenters. The molecule has 0 bridgehead atoms. The molecular formula is C26H20BrFN2O5S. The van der Waals surface area contributed by atoms with E-state index in [1.807, 2.05) is 0 Å². The molecular weight excluding hydrogens is 551 g/mol. The van der Waals surface area contributed by atoms with Gasteiger partial charge in [-0.25, -0.2) is 14.2 Å². The lowest BCUT2D eigenvalue weighted by Gasteiger charge is -2.13. The van der Waals surface area contributed by atoms with E-state index in [0.717, 1.165) is 5.56 Å². The van der Waals surface area contributed by atoms with Crippen molar-refractivity contribution >= 4 is 56.5 Å². The average molecular weight is 571 g/mol. The molecule has 1 saturated heterocycles. The number of carbonyl (C=O) groups is 2. The summed E-state index contributed by atoms with van der Waals surface area (Å²) in [5.41, 5.74) is 2.04. The normalized spacial score (nSPS) is 15.6. The molecule has 36 heavy (non-hydrogen) atoms. The van der Waals surface area contributed by atoms with Crippen LogP contribution in [-0.2, 0) is 11.4 Å². The van der Waals surface area contributed by atoms with Gasteiger partial charge in [-0.2, -0.15) is 0 Å². The van der Waals surface area contributed by atoms with Gasteiger partial charge in [0.25, 0.3) is 5.91 Å². The molecule has 3 aromatic carbocycles. The number of likely N-dealkylation sites (N-methyl/N-ethyl adjacent to an activating group) is 1. The molecule has 1 amide bonds. The second-order valence-electron chi connectivity index (χ2n) is 7.66. The smallest absolute Gasteiger partial charge is 0.335 e. The van der Waals surface area contributed by atoms with Crippen LogP contribution in [0.5, 0.6) is 11.5 Å². The van der Waals surface area contributed by atoms with E-state index in [2.05, 4.69) is 20.9 Å². The third-order valence-electron chi connectivity index (χ3n) is 5.20. The number of hydrogen-bond acceptors (Lipinski definition) is 6. The lowest BCUT2D eigenvalue weighted by Crippen LogP contribution is -2.23. The summed E-state index contributed by atoms with van der Waals surface area (Å²) in [6, 6.07) is 15.7. The number of nitrogens with zero attached hydrogens (tertiary/aromatic N) is 2. The number of carboxylic acid groups (broad SMARTS) is 1. The number of aliphatic imine (C=N–C) groups is 1. The van der Waals surface area contributed by atoms with Crippen LogP contribution < -0.4 is 9.47 Å². The van der Waals surface area contributed by atoms with Crippen LogP contribution in [0, 0.1) is 5.82 Å². The monoisotopic (exact) mass is 570 g/mol. The van der Waals surface area contributed by atoms with Crippen LogP contribution in [0.2, 0.25) is 0 Å². The molecule has 0 aromatic heterocycles. The summed E-state index contributed by atoms with van der Waals surface area (Å²) in [6.45, 7) is 0.228. The Morgan fingerprint density at radius 1 is 1.17 bits per heavy atom. The van der Waals surface area contributed by atoms with E-state index >= 15 is 0 Å². The number of ether oxygens (including phenoxy) is 2. The Morgan fingerprint density at radius 2 is 1.92 bits per heavy atom. The van der Waals surface area contributed by atoms with Crippen LogP contribution in [-0.4, -0.2) is 41.2 Å². The summed E-state index contributed by atoms with van der Waals surface area (Å²) in [7, 11) is 3.13. The fourth-order valence-corrected chi connectivity index (χ4v) is 4.70. The lowest BCUT2D eigenvalue weighted by molar-refractivity contribution is -0.121. The van der Waals surface area contributed by atoms with Gasteiger partial charge in [0.15, 0.2) is 16.7 Å². The summed E-state index contributed by atoms with van der Waals surface area (Å²) in [4.78, 5) is 30.4. The van der Waals surface area contributed by atoms with Gasteiger partial charge in [-0.15, -0.1) is 0 Å². The molecule has 1 aliphatic rings. The van der Waals surface area contributed by atoms with Crippen molar-refractivity contribution in [3.05, 3.63) is 92.5 Å². The van der Waals surface area contributed by atoms with Gasteiger partial charge >= 0.3 is 5.97 Å². The van der Waals surface area contributed by atoms with Crippen molar-refractivity contribution in [3.63, 3.8) is 0 Å². The second-order valence-corrected chi connectivity index (χ2v) is 9.53. The Morgan fingerprint density at radius 3 is 2.61 bits per heavy atom. The third-order valence-corrected chi connectivity index (χ3v) is 6.95. The fraction of sp³-hybridized carbons (Fsp3) is 0.115. The van der Waals surface area contributed by atoms with Crippen molar-refractivity contribution in [2.24, 2.45) is 4.99 Å². The highest BCUT2D eigenvalue weighted by molar-refractivity contribution is 9.10. The van der Waals surface area contributed by atoms with Crippen LogP contribution >= 0.6 is 27.7 Å². The van der Waals surface area contributed by atoms with Crippen LogP contribution in [0.3, 0.4) is 0 Å². The molecule has 3 aromatic rings. The SMILES string of the molecule is COc1cc(C=C2SC(=Nc3cccc(C(=O)O)c3)N(C)C2=O)c(Br)cc1OCc1ccc(F)cc1. The highest BCUT2D eigenvalue weighted by atomic mass is 79.9. The number of rotatable bonds is 7. The third kappa shape index (κ3) is 5.77. The van der Waals surface area contributed by atoms with E-state index in [-0.39, 0.29) is 23.9 Å². The molecule has 1 heterocycles. The first-order valence-corrected chi connectivity index (χ1v) is 12.2. The number of halogens is 2. The van der Waals surface area contributed by atoms with Crippen molar-refractivity contribution in [2.45, 2.75) is 6.61 Å². The highest BCUT2D eigenvalue weighted by Gasteiger charge is 2.30. The largest absolute Gasteiger partial charge is 0.493 e. The van der Waals surface area contributed by atoms with E-state index in [1.54, 1.807) is 49.5 Å². The van der Waals surface area contributed by atoms with Crippen LogP contribution in [0.1, 0.15) is 21.5 Å². The molecule has 0 radical (unpaired) electrons. The molecule has 1 N–H and O–H groups in total. The molecule has 0 unspecified atom stereocenters. The second kappa shape index (κ2) is 11.0. The van der Waals surface area contributed by atoms with Gasteiger partial charge in [-0.1, -0.05) is 34.1 Å². The quantitative estimate of drug-likeness (QED) is 0.345. The molecule has 1 aliphatic heterocycles. The Kier molecular flexibility index (Phi) is 7.76. The molecule has 1 fully saturated rings. The lowest BCUT2D eigenvalue weighted by atomic mass is 10.1. The Bertz CT molecular complexity index is 1390. The predicted molar refractivity (Wildman–Crippen MR) is 140 cm³/mol. The van der Waals surface area contributed by atoms with E-state index in [9.17, 15) is 19.1 Å². The maximum atomic E-state index is 13.1. The van der Waals surface area contributed by atoms with E-state index in [4.69, 9.17) is 9.47 Å². The van der Waals surface area contributed by atoms with Gasteiger partial charge in [0.2, 0.25) is 0 Å². The first-order chi connectivity index (χ1) is 17.2. The predicted octanol–water partition coefficient (Wildman–Crippen LogP) is 6.11. The molecule has 184 valence electrons. The van der Waals surface area contributed by atoms with Crippen LogP contribution in [0.25, 0.3) is 6.08 Å². The zero-order chi connectivity index (χ0) is 25.8. The average Bonchev–Trinajstić information content (AvgIpc) is 3.12. The van der Waals surface area contributed by atoms with Gasteiger partial charge in [0.1, 0.15) is 12.4 Å². The van der Waals surface area contributed by atoms with E-state index in [1.165, 1.54) is 48.0 Å². The summed E-state index contributed by atoms with van der Waals surface area (Å²) in [6.07, 6.45) is 1.72. The minimum Gasteiger partial charge on any atom is -0.493 e. The first kappa shape index (κ1) is 25.5. The van der Waals surface area contributed by atoms with Gasteiger partial charge in [0, 0.05) is 11.5 Å². The minimum absolute atomic E-state index is 0.113. The van der Waals surface area contributed by atoms with Gasteiger partial charge in [-0.05, 0) is 71.4 Å². The summed E-state index contributed by atoms with van der Waals surface area (Å²) in [5.74, 6) is -0.654. The molecule has 0 spiro atoms. The number of benzene rings is 3. The molecule has 7 nitrogen and oxygen atoms in total. The van der Waals surface area contributed by atoms with Gasteiger partial charge in [0.05, 0.1) is 23.3 Å². The Balaban J connectivity index is 1.57. The van der Waals surface area contributed by atoms with Crippen molar-refractivity contribution < 1.29 is 28.6 Å². The minimum atomic E-state index is -1.05. The van der Waals surface area contributed by atoms with Gasteiger partial charge in [-0.3, -0.25) is 9.69 Å². The zero-order valence-electron chi connectivity index (χ0n) is 19.2. The van der Waals surface area contributed by atoms with Crippen LogP contribution in [0.15, 0.2) is 75.0 Å². The van der Waals surface area contributed by atoms with Crippen molar-refractivity contribution in [2.75, 3.05) is 14.2 Å². The molecule has 10 heteroatoms. The number of methoxy groups -OCH3 is 1.